The van der Waals surface area contributed by atoms with Crippen LogP contribution in [0, 0.1) is 13.8 Å². The Kier molecular flexibility index (Phi) is 6.55. The van der Waals surface area contributed by atoms with Gasteiger partial charge in [0.25, 0.3) is 5.56 Å². The number of benzene rings is 2. The van der Waals surface area contributed by atoms with Crippen molar-refractivity contribution in [3.8, 4) is 5.69 Å². The van der Waals surface area contributed by atoms with Gasteiger partial charge in [-0.25, -0.2) is 4.98 Å². The summed E-state index contributed by atoms with van der Waals surface area (Å²) >= 11 is 4.83. The van der Waals surface area contributed by atoms with Crippen LogP contribution in [0.3, 0.4) is 0 Å². The highest BCUT2D eigenvalue weighted by molar-refractivity contribution is 8.00. The Hall–Kier alpha value is -2.55. The SMILES string of the molecule is Cc1ccc(NC(=O)CSc2nc3sc4c(c3c(=O)n2-c2cccc(C)c2)CC(C)(C)SC4)cc1. The van der Waals surface area contributed by atoms with Crippen LogP contribution in [0.5, 0.6) is 0 Å². The van der Waals surface area contributed by atoms with E-state index in [4.69, 9.17) is 4.98 Å². The third kappa shape index (κ3) is 5.06. The van der Waals surface area contributed by atoms with Crippen molar-refractivity contribution in [2.45, 2.75) is 49.8 Å². The number of amides is 1. The Morgan fingerprint density at radius 1 is 1.14 bits per heavy atom. The van der Waals surface area contributed by atoms with Gasteiger partial charge in [-0.05, 0) is 55.7 Å². The summed E-state index contributed by atoms with van der Waals surface area (Å²) in [6, 6.07) is 15.6. The maximum absolute atomic E-state index is 14.0. The van der Waals surface area contributed by atoms with E-state index in [0.29, 0.717) is 5.16 Å². The van der Waals surface area contributed by atoms with Gasteiger partial charge in [0.15, 0.2) is 5.16 Å². The highest BCUT2D eigenvalue weighted by Crippen LogP contribution is 2.44. The molecular formula is C27H27N3O2S3. The van der Waals surface area contributed by atoms with Crippen molar-refractivity contribution < 1.29 is 4.79 Å². The number of fused-ring (bicyclic) bond motifs is 3. The fourth-order valence-corrected chi connectivity index (χ4v) is 7.42. The van der Waals surface area contributed by atoms with Gasteiger partial charge in [-0.1, -0.05) is 55.4 Å². The van der Waals surface area contributed by atoms with Crippen LogP contribution >= 0.6 is 34.9 Å². The van der Waals surface area contributed by atoms with Crippen molar-refractivity contribution in [2.24, 2.45) is 0 Å². The van der Waals surface area contributed by atoms with Crippen LogP contribution in [0.1, 0.15) is 35.4 Å². The highest BCUT2D eigenvalue weighted by atomic mass is 32.2. The van der Waals surface area contributed by atoms with Crippen molar-refractivity contribution in [1.82, 2.24) is 9.55 Å². The lowest BCUT2D eigenvalue weighted by molar-refractivity contribution is -0.113. The monoisotopic (exact) mass is 521 g/mol. The normalized spacial score (nSPS) is 14.6. The average Bonchev–Trinajstić information content (AvgIpc) is 3.16. The molecule has 1 aliphatic heterocycles. The molecule has 5 rings (SSSR count). The number of nitrogens with zero attached hydrogens (tertiary/aromatic N) is 2. The second-order valence-electron chi connectivity index (χ2n) is 9.49. The molecule has 0 aliphatic carbocycles. The molecule has 0 unspecified atom stereocenters. The highest BCUT2D eigenvalue weighted by Gasteiger charge is 2.31. The first-order valence-corrected chi connectivity index (χ1v) is 14.3. The fraction of sp³-hybridized carbons (Fsp3) is 0.296. The Morgan fingerprint density at radius 2 is 1.91 bits per heavy atom. The first-order valence-electron chi connectivity index (χ1n) is 11.5. The zero-order valence-corrected chi connectivity index (χ0v) is 22.6. The number of anilines is 1. The number of hydrogen-bond acceptors (Lipinski definition) is 6. The van der Waals surface area contributed by atoms with Crippen LogP contribution < -0.4 is 10.9 Å². The Labute approximate surface area is 217 Å². The van der Waals surface area contributed by atoms with Crippen LogP contribution in [-0.4, -0.2) is 26.0 Å². The maximum atomic E-state index is 14.0. The van der Waals surface area contributed by atoms with Gasteiger partial charge in [0, 0.05) is 21.1 Å². The summed E-state index contributed by atoms with van der Waals surface area (Å²) in [5, 5.41) is 4.20. The number of thiophene rings is 1. The minimum atomic E-state index is -0.132. The molecule has 1 amide bonds. The molecule has 0 atom stereocenters. The van der Waals surface area contributed by atoms with E-state index in [0.717, 1.165) is 50.5 Å². The number of aryl methyl sites for hydroxylation is 2. The van der Waals surface area contributed by atoms with Crippen LogP contribution in [-0.2, 0) is 17.0 Å². The number of nitrogens with one attached hydrogen (secondary N) is 1. The Bertz CT molecular complexity index is 1490. The van der Waals surface area contributed by atoms with Crippen LogP contribution in [0.25, 0.3) is 15.9 Å². The lowest BCUT2D eigenvalue weighted by Crippen LogP contribution is -2.26. The third-order valence-electron chi connectivity index (χ3n) is 6.00. The summed E-state index contributed by atoms with van der Waals surface area (Å²) in [7, 11) is 0. The van der Waals surface area contributed by atoms with Gasteiger partial charge in [-0.2, -0.15) is 0 Å². The van der Waals surface area contributed by atoms with Crippen molar-refractivity contribution in [2.75, 3.05) is 11.1 Å². The number of rotatable bonds is 5. The molecule has 180 valence electrons. The molecule has 2 aromatic carbocycles. The topological polar surface area (TPSA) is 64.0 Å². The minimum absolute atomic E-state index is 0.0535. The first kappa shape index (κ1) is 24.2. The standard InChI is InChI=1S/C27H27N3O2S3/c1-16-8-10-18(11-9-16)28-22(31)15-33-26-29-24-23(20-13-27(3,4)34-14-21(20)35-24)25(32)30(26)19-7-5-6-17(2)12-19/h5-12H,13-15H2,1-4H3,(H,28,31). The molecule has 4 aromatic rings. The third-order valence-corrected chi connectivity index (χ3v) is 9.61. The van der Waals surface area contributed by atoms with E-state index < -0.39 is 0 Å². The van der Waals surface area contributed by atoms with Gasteiger partial charge < -0.3 is 5.32 Å². The molecule has 5 nitrogen and oxygen atoms in total. The van der Waals surface area contributed by atoms with Gasteiger partial charge >= 0.3 is 0 Å². The zero-order chi connectivity index (χ0) is 24.7. The summed E-state index contributed by atoms with van der Waals surface area (Å²) < 4.78 is 1.77. The molecule has 0 spiro atoms. The summed E-state index contributed by atoms with van der Waals surface area (Å²) in [6.45, 7) is 8.48. The number of carbonyl (C=O) groups excluding carboxylic acids is 1. The van der Waals surface area contributed by atoms with Crippen LogP contribution in [0.2, 0.25) is 0 Å². The predicted molar refractivity (Wildman–Crippen MR) is 150 cm³/mol. The van der Waals surface area contributed by atoms with Gasteiger partial charge in [-0.15, -0.1) is 23.1 Å². The van der Waals surface area contributed by atoms with E-state index in [2.05, 4.69) is 19.2 Å². The Morgan fingerprint density at radius 3 is 2.66 bits per heavy atom. The van der Waals surface area contributed by atoms with E-state index in [-0.39, 0.29) is 22.0 Å². The molecule has 8 heteroatoms. The summed E-state index contributed by atoms with van der Waals surface area (Å²) in [5.41, 5.74) is 4.82. The summed E-state index contributed by atoms with van der Waals surface area (Å²) in [5.74, 6) is 0.924. The smallest absolute Gasteiger partial charge is 0.267 e. The molecule has 0 bridgehead atoms. The van der Waals surface area contributed by atoms with Crippen LogP contribution in [0.15, 0.2) is 58.5 Å². The van der Waals surface area contributed by atoms with Gasteiger partial charge in [0.05, 0.1) is 16.8 Å². The fourth-order valence-electron chi connectivity index (χ4n) is 4.23. The second-order valence-corrected chi connectivity index (χ2v) is 13.2. The number of carbonyl (C=O) groups is 1. The summed E-state index contributed by atoms with van der Waals surface area (Å²) in [4.78, 5) is 33.6. The van der Waals surface area contributed by atoms with Crippen LogP contribution in [0.4, 0.5) is 5.69 Å². The molecular weight excluding hydrogens is 495 g/mol. The molecule has 0 saturated carbocycles. The van der Waals surface area contributed by atoms with Gasteiger partial charge in [0.1, 0.15) is 4.83 Å². The molecule has 2 aromatic heterocycles. The van der Waals surface area contributed by atoms with Crippen molar-refractivity contribution in [3.05, 3.63) is 80.5 Å². The second kappa shape index (κ2) is 9.48. The van der Waals surface area contributed by atoms with E-state index in [1.54, 1.807) is 15.9 Å². The predicted octanol–water partition coefficient (Wildman–Crippen LogP) is 6.36. The van der Waals surface area contributed by atoms with Gasteiger partial charge in [0.2, 0.25) is 5.91 Å². The number of hydrogen-bond donors (Lipinski definition) is 1. The van der Waals surface area contributed by atoms with Crippen molar-refractivity contribution in [1.29, 1.82) is 0 Å². The zero-order valence-electron chi connectivity index (χ0n) is 20.2. The number of aromatic nitrogens is 2. The molecule has 1 N–H and O–H groups in total. The quantitative estimate of drug-likeness (QED) is 0.244. The largest absolute Gasteiger partial charge is 0.325 e. The van der Waals surface area contributed by atoms with Gasteiger partial charge in [-0.3, -0.25) is 14.2 Å². The molecule has 3 heterocycles. The van der Waals surface area contributed by atoms with E-state index >= 15 is 0 Å². The summed E-state index contributed by atoms with van der Waals surface area (Å²) in [6.07, 6.45) is 0.850. The van der Waals surface area contributed by atoms with E-state index in [1.165, 1.54) is 16.6 Å². The average molecular weight is 522 g/mol. The van der Waals surface area contributed by atoms with Crippen molar-refractivity contribution >= 4 is 56.7 Å². The molecule has 0 saturated heterocycles. The lowest BCUT2D eigenvalue weighted by Gasteiger charge is -2.28. The minimum Gasteiger partial charge on any atom is -0.325 e. The molecule has 0 fully saturated rings. The molecule has 35 heavy (non-hydrogen) atoms. The maximum Gasteiger partial charge on any atom is 0.267 e. The van der Waals surface area contributed by atoms with E-state index in [9.17, 15) is 9.59 Å². The first-order chi connectivity index (χ1) is 16.7. The lowest BCUT2D eigenvalue weighted by atomic mass is 10.00. The number of thioether (sulfide) groups is 2. The molecule has 0 radical (unpaired) electrons. The molecule has 1 aliphatic rings. The van der Waals surface area contributed by atoms with Crippen molar-refractivity contribution in [3.63, 3.8) is 0 Å². The van der Waals surface area contributed by atoms with E-state index in [1.807, 2.05) is 74.1 Å². The Balaban J connectivity index is 1.54.